The van der Waals surface area contributed by atoms with Gasteiger partial charge in [0.1, 0.15) is 5.82 Å². The summed E-state index contributed by atoms with van der Waals surface area (Å²) in [6, 6.07) is 4.53. The SMILES string of the molecule is Cc1cn[nH]c1C1COCCN1S(=O)(=O)c1cccc(F)c1. The summed E-state index contributed by atoms with van der Waals surface area (Å²) in [5.74, 6) is -0.580. The fourth-order valence-electron chi connectivity index (χ4n) is 2.56. The number of sulfonamides is 1. The quantitative estimate of drug-likeness (QED) is 0.930. The predicted molar refractivity (Wildman–Crippen MR) is 77.2 cm³/mol. The van der Waals surface area contributed by atoms with E-state index in [1.54, 1.807) is 6.20 Å². The summed E-state index contributed by atoms with van der Waals surface area (Å²) in [7, 11) is -3.81. The van der Waals surface area contributed by atoms with Gasteiger partial charge in [-0.05, 0) is 30.7 Å². The van der Waals surface area contributed by atoms with Crippen molar-refractivity contribution in [2.45, 2.75) is 17.9 Å². The predicted octanol–water partition coefficient (Wildman–Crippen LogP) is 1.62. The van der Waals surface area contributed by atoms with Crippen molar-refractivity contribution in [3.63, 3.8) is 0 Å². The van der Waals surface area contributed by atoms with Crippen LogP contribution >= 0.6 is 0 Å². The molecule has 8 heteroatoms. The first kappa shape index (κ1) is 15.1. The number of halogens is 1. The molecule has 1 aromatic heterocycles. The summed E-state index contributed by atoms with van der Waals surface area (Å²) >= 11 is 0. The molecule has 1 aliphatic heterocycles. The van der Waals surface area contributed by atoms with Crippen LogP contribution in [0.15, 0.2) is 35.4 Å². The van der Waals surface area contributed by atoms with E-state index in [2.05, 4.69) is 10.2 Å². The number of aryl methyl sites for hydroxylation is 1. The minimum absolute atomic E-state index is 0.0587. The lowest BCUT2D eigenvalue weighted by Gasteiger charge is -2.34. The minimum atomic E-state index is -3.81. The zero-order valence-electron chi connectivity index (χ0n) is 12.0. The van der Waals surface area contributed by atoms with Gasteiger partial charge >= 0.3 is 0 Å². The summed E-state index contributed by atoms with van der Waals surface area (Å²) < 4.78 is 45.8. The Labute approximate surface area is 128 Å². The summed E-state index contributed by atoms with van der Waals surface area (Å²) in [5, 5.41) is 6.77. The van der Waals surface area contributed by atoms with E-state index >= 15 is 0 Å². The second-order valence-corrected chi connectivity index (χ2v) is 7.02. The molecular formula is C14H16FN3O3S. The maximum atomic E-state index is 13.4. The van der Waals surface area contributed by atoms with E-state index < -0.39 is 21.9 Å². The number of ether oxygens (including phenoxy) is 1. The van der Waals surface area contributed by atoms with Crippen molar-refractivity contribution in [3.8, 4) is 0 Å². The van der Waals surface area contributed by atoms with Gasteiger partial charge in [0.05, 0.1) is 36.0 Å². The van der Waals surface area contributed by atoms with Gasteiger partial charge < -0.3 is 4.74 Å². The highest BCUT2D eigenvalue weighted by molar-refractivity contribution is 7.89. The summed E-state index contributed by atoms with van der Waals surface area (Å²) in [4.78, 5) is -0.0587. The number of aromatic amines is 1. The molecular weight excluding hydrogens is 309 g/mol. The highest BCUT2D eigenvalue weighted by Crippen LogP contribution is 2.30. The fraction of sp³-hybridized carbons (Fsp3) is 0.357. The van der Waals surface area contributed by atoms with E-state index in [-0.39, 0.29) is 18.0 Å². The van der Waals surface area contributed by atoms with Crippen molar-refractivity contribution in [2.24, 2.45) is 0 Å². The van der Waals surface area contributed by atoms with Crippen molar-refractivity contribution in [1.29, 1.82) is 0 Å². The molecule has 3 rings (SSSR count). The Morgan fingerprint density at radius 2 is 2.27 bits per heavy atom. The number of aromatic nitrogens is 2. The van der Waals surface area contributed by atoms with Gasteiger partial charge in [-0.2, -0.15) is 9.40 Å². The van der Waals surface area contributed by atoms with Crippen LogP contribution in [0.5, 0.6) is 0 Å². The Hall–Kier alpha value is -1.77. The maximum Gasteiger partial charge on any atom is 0.243 e. The Morgan fingerprint density at radius 3 is 2.95 bits per heavy atom. The molecule has 0 amide bonds. The second kappa shape index (κ2) is 5.79. The number of rotatable bonds is 3. The Morgan fingerprint density at radius 1 is 1.45 bits per heavy atom. The molecule has 1 saturated heterocycles. The highest BCUT2D eigenvalue weighted by Gasteiger charge is 2.36. The number of nitrogens with zero attached hydrogens (tertiary/aromatic N) is 2. The standard InChI is InChI=1S/C14H16FN3O3S/c1-10-8-16-17-14(10)13-9-21-6-5-18(13)22(19,20)12-4-2-3-11(15)7-12/h2-4,7-8,13H,5-6,9H2,1H3,(H,16,17). The molecule has 118 valence electrons. The van der Waals surface area contributed by atoms with Crippen molar-refractivity contribution >= 4 is 10.0 Å². The summed E-state index contributed by atoms with van der Waals surface area (Å²) in [6.45, 7) is 2.60. The van der Waals surface area contributed by atoms with Gasteiger partial charge in [0.2, 0.25) is 10.0 Å². The van der Waals surface area contributed by atoms with E-state index in [0.717, 1.165) is 11.6 Å². The van der Waals surface area contributed by atoms with Crippen LogP contribution in [0.25, 0.3) is 0 Å². The number of hydrogen-bond acceptors (Lipinski definition) is 4. The van der Waals surface area contributed by atoms with Crippen LogP contribution in [-0.4, -0.2) is 42.7 Å². The molecule has 0 saturated carbocycles. The molecule has 2 heterocycles. The third kappa shape index (κ3) is 2.65. The van der Waals surface area contributed by atoms with Gasteiger partial charge in [-0.25, -0.2) is 12.8 Å². The topological polar surface area (TPSA) is 75.3 Å². The van der Waals surface area contributed by atoms with Gasteiger partial charge in [0.25, 0.3) is 0 Å². The largest absolute Gasteiger partial charge is 0.378 e. The first-order valence-electron chi connectivity index (χ1n) is 6.85. The van der Waals surface area contributed by atoms with Crippen molar-refractivity contribution in [2.75, 3.05) is 19.8 Å². The second-order valence-electron chi connectivity index (χ2n) is 5.13. The third-order valence-electron chi connectivity index (χ3n) is 3.68. The average molecular weight is 325 g/mol. The Bertz CT molecular complexity index is 775. The Balaban J connectivity index is 2.02. The highest BCUT2D eigenvalue weighted by atomic mass is 32.2. The molecule has 6 nitrogen and oxygen atoms in total. The molecule has 1 N–H and O–H groups in total. The normalized spacial score (nSPS) is 20.2. The maximum absolute atomic E-state index is 13.4. The van der Waals surface area contributed by atoms with Crippen LogP contribution in [0.1, 0.15) is 17.3 Å². The van der Waals surface area contributed by atoms with E-state index in [0.29, 0.717) is 12.3 Å². The molecule has 0 bridgehead atoms. The van der Waals surface area contributed by atoms with Crippen LogP contribution in [0.3, 0.4) is 0 Å². The molecule has 0 aliphatic carbocycles. The first-order chi connectivity index (χ1) is 10.5. The lowest BCUT2D eigenvalue weighted by molar-refractivity contribution is 0.0303. The average Bonchev–Trinajstić information content (AvgIpc) is 2.93. The molecule has 2 aromatic rings. The number of hydrogen-bond donors (Lipinski definition) is 1. The third-order valence-corrected chi connectivity index (χ3v) is 5.59. The van der Waals surface area contributed by atoms with E-state index in [9.17, 15) is 12.8 Å². The fourth-order valence-corrected chi connectivity index (χ4v) is 4.16. The van der Waals surface area contributed by atoms with Gasteiger partial charge in [0, 0.05) is 6.54 Å². The zero-order chi connectivity index (χ0) is 15.7. The molecule has 0 spiro atoms. The monoisotopic (exact) mass is 325 g/mol. The first-order valence-corrected chi connectivity index (χ1v) is 8.29. The van der Waals surface area contributed by atoms with E-state index in [1.165, 1.54) is 22.5 Å². The van der Waals surface area contributed by atoms with Gasteiger partial charge in [-0.1, -0.05) is 6.07 Å². The number of morpholine rings is 1. The number of benzene rings is 1. The van der Waals surface area contributed by atoms with Crippen molar-refractivity contribution in [1.82, 2.24) is 14.5 Å². The lowest BCUT2D eigenvalue weighted by atomic mass is 10.1. The zero-order valence-corrected chi connectivity index (χ0v) is 12.8. The van der Waals surface area contributed by atoms with Crippen LogP contribution < -0.4 is 0 Å². The summed E-state index contributed by atoms with van der Waals surface area (Å²) in [6.07, 6.45) is 1.64. The molecule has 22 heavy (non-hydrogen) atoms. The summed E-state index contributed by atoms with van der Waals surface area (Å²) in [5.41, 5.74) is 1.55. The number of nitrogens with one attached hydrogen (secondary N) is 1. The molecule has 1 atom stereocenters. The molecule has 1 fully saturated rings. The molecule has 1 aliphatic rings. The Kier molecular flexibility index (Phi) is 3.98. The van der Waals surface area contributed by atoms with E-state index in [1.807, 2.05) is 6.92 Å². The lowest BCUT2D eigenvalue weighted by Crippen LogP contribution is -2.43. The van der Waals surface area contributed by atoms with Crippen molar-refractivity contribution in [3.05, 3.63) is 47.5 Å². The van der Waals surface area contributed by atoms with Crippen LogP contribution in [-0.2, 0) is 14.8 Å². The molecule has 0 radical (unpaired) electrons. The smallest absolute Gasteiger partial charge is 0.243 e. The van der Waals surface area contributed by atoms with Crippen LogP contribution in [0, 0.1) is 12.7 Å². The number of H-pyrrole nitrogens is 1. The molecule has 1 unspecified atom stereocenters. The van der Waals surface area contributed by atoms with Gasteiger partial charge in [-0.15, -0.1) is 0 Å². The van der Waals surface area contributed by atoms with Crippen LogP contribution in [0.2, 0.25) is 0 Å². The molecule has 1 aromatic carbocycles. The van der Waals surface area contributed by atoms with Gasteiger partial charge in [0.15, 0.2) is 0 Å². The minimum Gasteiger partial charge on any atom is -0.378 e. The van der Waals surface area contributed by atoms with Crippen molar-refractivity contribution < 1.29 is 17.5 Å². The van der Waals surface area contributed by atoms with Crippen LogP contribution in [0.4, 0.5) is 4.39 Å². The van der Waals surface area contributed by atoms with E-state index in [4.69, 9.17) is 4.74 Å². The van der Waals surface area contributed by atoms with Gasteiger partial charge in [-0.3, -0.25) is 5.10 Å².